The molecule has 0 amide bonds. The van der Waals surface area contributed by atoms with Crippen molar-refractivity contribution in [3.63, 3.8) is 0 Å². The van der Waals surface area contributed by atoms with E-state index in [9.17, 15) is 0 Å². The Morgan fingerprint density at radius 3 is 3.11 bits per heavy atom. The van der Waals surface area contributed by atoms with Crippen molar-refractivity contribution in [2.75, 3.05) is 26.8 Å². The molecule has 1 aliphatic rings. The maximum Gasteiger partial charge on any atom is 0.0713 e. The number of hydrogen-bond acceptors (Lipinski definition) is 4. The second-order valence-electron chi connectivity index (χ2n) is 5.01. The fraction of sp³-hybridized carbons (Fsp3) is 0.600. The summed E-state index contributed by atoms with van der Waals surface area (Å²) in [5.41, 5.74) is 8.27. The highest BCUT2D eigenvalue weighted by Crippen LogP contribution is 2.16. The molecule has 2 unspecified atom stereocenters. The van der Waals surface area contributed by atoms with Crippen LogP contribution in [0.5, 0.6) is 0 Å². The maximum atomic E-state index is 5.88. The third kappa shape index (κ3) is 4.28. The van der Waals surface area contributed by atoms with Crippen LogP contribution >= 0.6 is 0 Å². The van der Waals surface area contributed by atoms with Gasteiger partial charge in [-0.15, -0.1) is 0 Å². The summed E-state index contributed by atoms with van der Waals surface area (Å²) in [6.45, 7) is 2.99. The Balaban J connectivity index is 1.93. The predicted octanol–water partition coefficient (Wildman–Crippen LogP) is 1.60. The van der Waals surface area contributed by atoms with Crippen molar-refractivity contribution < 1.29 is 9.47 Å². The van der Waals surface area contributed by atoms with Crippen molar-refractivity contribution in [1.82, 2.24) is 5.32 Å². The normalized spacial score (nSPS) is 20.6. The smallest absolute Gasteiger partial charge is 0.0713 e. The monoisotopic (exact) mass is 264 g/mol. The highest BCUT2D eigenvalue weighted by atomic mass is 16.5. The van der Waals surface area contributed by atoms with Crippen LogP contribution in [0, 0.1) is 0 Å². The van der Waals surface area contributed by atoms with Crippen molar-refractivity contribution in [3.8, 4) is 0 Å². The quantitative estimate of drug-likeness (QED) is 0.785. The largest absolute Gasteiger partial charge is 0.380 e. The number of ether oxygens (including phenoxy) is 2. The van der Waals surface area contributed by atoms with Gasteiger partial charge in [0.05, 0.1) is 12.7 Å². The summed E-state index contributed by atoms with van der Waals surface area (Å²) in [7, 11) is 1.71. The van der Waals surface area contributed by atoms with Crippen LogP contribution < -0.4 is 11.1 Å². The lowest BCUT2D eigenvalue weighted by molar-refractivity contribution is 0.107. The van der Waals surface area contributed by atoms with Gasteiger partial charge in [-0.2, -0.15) is 0 Å². The molecular formula is C15H24N2O2. The highest BCUT2D eigenvalue weighted by Gasteiger charge is 2.17. The van der Waals surface area contributed by atoms with Gasteiger partial charge in [-0.1, -0.05) is 24.3 Å². The Morgan fingerprint density at radius 1 is 1.53 bits per heavy atom. The molecule has 1 aliphatic heterocycles. The molecule has 1 aromatic rings. The number of rotatable bonds is 7. The molecule has 3 N–H and O–H groups in total. The van der Waals surface area contributed by atoms with Crippen LogP contribution in [0.1, 0.15) is 30.0 Å². The van der Waals surface area contributed by atoms with Crippen LogP contribution in [0.2, 0.25) is 0 Å². The Labute approximate surface area is 115 Å². The van der Waals surface area contributed by atoms with E-state index in [0.717, 1.165) is 19.6 Å². The molecule has 0 bridgehead atoms. The molecular weight excluding hydrogens is 240 g/mol. The molecule has 2 atom stereocenters. The van der Waals surface area contributed by atoms with Gasteiger partial charge in [-0.05, 0) is 24.0 Å². The van der Waals surface area contributed by atoms with Gasteiger partial charge in [0.15, 0.2) is 0 Å². The van der Waals surface area contributed by atoms with E-state index in [1.165, 1.54) is 17.5 Å². The lowest BCUT2D eigenvalue weighted by Gasteiger charge is -2.20. The van der Waals surface area contributed by atoms with Crippen LogP contribution in [-0.4, -0.2) is 32.9 Å². The molecule has 19 heavy (non-hydrogen) atoms. The molecule has 106 valence electrons. The molecule has 0 aromatic heterocycles. The van der Waals surface area contributed by atoms with Gasteiger partial charge in [0.2, 0.25) is 0 Å². The van der Waals surface area contributed by atoms with Crippen LogP contribution in [0.15, 0.2) is 24.3 Å². The Hall–Kier alpha value is -0.940. The second-order valence-corrected chi connectivity index (χ2v) is 5.01. The number of hydrogen-bond donors (Lipinski definition) is 2. The first kappa shape index (κ1) is 14.5. The van der Waals surface area contributed by atoms with Crippen LogP contribution in [0.3, 0.4) is 0 Å². The summed E-state index contributed by atoms with van der Waals surface area (Å²) in [6, 6.07) is 8.57. The van der Waals surface area contributed by atoms with Crippen molar-refractivity contribution in [2.45, 2.75) is 31.6 Å². The minimum atomic E-state index is 0.181. The van der Waals surface area contributed by atoms with Crippen LogP contribution in [-0.2, 0) is 16.1 Å². The molecule has 4 heteroatoms. The van der Waals surface area contributed by atoms with Gasteiger partial charge in [0.1, 0.15) is 0 Å². The SMILES string of the molecule is COCc1cccc(C(CN)NCC2CCCO2)c1. The Morgan fingerprint density at radius 2 is 2.42 bits per heavy atom. The van der Waals surface area contributed by atoms with Gasteiger partial charge in [0.25, 0.3) is 0 Å². The van der Waals surface area contributed by atoms with Crippen molar-refractivity contribution in [3.05, 3.63) is 35.4 Å². The molecule has 0 spiro atoms. The molecule has 1 saturated heterocycles. The molecule has 1 heterocycles. The number of nitrogens with one attached hydrogen (secondary N) is 1. The van der Waals surface area contributed by atoms with Crippen LogP contribution in [0.4, 0.5) is 0 Å². The van der Waals surface area contributed by atoms with E-state index in [1.807, 2.05) is 0 Å². The summed E-state index contributed by atoms with van der Waals surface area (Å²) in [5.74, 6) is 0. The number of nitrogens with two attached hydrogens (primary N) is 1. The zero-order chi connectivity index (χ0) is 13.5. The molecule has 1 fully saturated rings. The average molecular weight is 264 g/mol. The summed E-state index contributed by atoms with van der Waals surface area (Å²) >= 11 is 0. The van der Waals surface area contributed by atoms with Gasteiger partial charge < -0.3 is 20.5 Å². The number of benzene rings is 1. The number of methoxy groups -OCH3 is 1. The predicted molar refractivity (Wildman–Crippen MR) is 75.9 cm³/mol. The topological polar surface area (TPSA) is 56.5 Å². The summed E-state index contributed by atoms with van der Waals surface area (Å²) in [4.78, 5) is 0. The Kier molecular flexibility index (Phi) is 5.79. The summed E-state index contributed by atoms with van der Waals surface area (Å²) in [5, 5.41) is 3.51. The van der Waals surface area contributed by atoms with E-state index >= 15 is 0 Å². The first-order chi connectivity index (χ1) is 9.33. The van der Waals surface area contributed by atoms with E-state index in [-0.39, 0.29) is 6.04 Å². The zero-order valence-electron chi connectivity index (χ0n) is 11.6. The van der Waals surface area contributed by atoms with Crippen molar-refractivity contribution >= 4 is 0 Å². The first-order valence-electron chi connectivity index (χ1n) is 6.96. The van der Waals surface area contributed by atoms with Gasteiger partial charge in [-0.25, -0.2) is 0 Å². The zero-order valence-corrected chi connectivity index (χ0v) is 11.6. The van der Waals surface area contributed by atoms with E-state index < -0.39 is 0 Å². The van der Waals surface area contributed by atoms with Gasteiger partial charge in [0, 0.05) is 32.8 Å². The van der Waals surface area contributed by atoms with Gasteiger partial charge in [-0.3, -0.25) is 0 Å². The van der Waals surface area contributed by atoms with Crippen LogP contribution in [0.25, 0.3) is 0 Å². The minimum Gasteiger partial charge on any atom is -0.380 e. The van der Waals surface area contributed by atoms with Crippen molar-refractivity contribution in [2.24, 2.45) is 5.73 Å². The summed E-state index contributed by atoms with van der Waals surface area (Å²) < 4.78 is 10.8. The fourth-order valence-corrected chi connectivity index (χ4v) is 2.48. The Bertz CT molecular complexity index is 378. The fourth-order valence-electron chi connectivity index (χ4n) is 2.48. The van der Waals surface area contributed by atoms with E-state index in [4.69, 9.17) is 15.2 Å². The lowest BCUT2D eigenvalue weighted by atomic mass is 10.0. The van der Waals surface area contributed by atoms with E-state index in [2.05, 4.69) is 29.6 Å². The second kappa shape index (κ2) is 7.60. The summed E-state index contributed by atoms with van der Waals surface area (Å²) in [6.07, 6.45) is 2.66. The molecule has 2 rings (SSSR count). The molecule has 4 nitrogen and oxygen atoms in total. The molecule has 0 aliphatic carbocycles. The average Bonchev–Trinajstić information content (AvgIpc) is 2.94. The first-order valence-corrected chi connectivity index (χ1v) is 6.96. The third-order valence-electron chi connectivity index (χ3n) is 3.52. The third-order valence-corrected chi connectivity index (χ3v) is 3.52. The van der Waals surface area contributed by atoms with E-state index in [1.54, 1.807) is 7.11 Å². The van der Waals surface area contributed by atoms with Gasteiger partial charge >= 0.3 is 0 Å². The molecule has 0 saturated carbocycles. The van der Waals surface area contributed by atoms with Crippen molar-refractivity contribution in [1.29, 1.82) is 0 Å². The minimum absolute atomic E-state index is 0.181. The van der Waals surface area contributed by atoms with E-state index in [0.29, 0.717) is 19.3 Å². The lowest BCUT2D eigenvalue weighted by Crippen LogP contribution is -2.34. The highest BCUT2D eigenvalue weighted by molar-refractivity contribution is 5.26. The maximum absolute atomic E-state index is 5.88. The molecule has 1 aromatic carbocycles. The standard InChI is InChI=1S/C15H24N2O2/c1-18-11-12-4-2-5-13(8-12)15(9-16)17-10-14-6-3-7-19-14/h2,4-5,8,14-15,17H,3,6-7,9-11,16H2,1H3. The molecule has 0 radical (unpaired) electrons.